The summed E-state index contributed by atoms with van der Waals surface area (Å²) in [6.45, 7) is -1.69. The first-order valence-corrected chi connectivity index (χ1v) is 6.59. The Kier molecular flexibility index (Phi) is 3.07. The molecule has 3 N–H and O–H groups in total. The van der Waals surface area contributed by atoms with Crippen molar-refractivity contribution in [3.63, 3.8) is 0 Å². The van der Waals surface area contributed by atoms with Gasteiger partial charge in [0.25, 0.3) is 15.9 Å². The Morgan fingerprint density at radius 3 is 2.67 bits per heavy atom. The molecule has 0 atom stereocenters. The number of halogens is 2. The van der Waals surface area contributed by atoms with E-state index >= 15 is 0 Å². The van der Waals surface area contributed by atoms with E-state index in [-0.39, 0.29) is 10.7 Å². The second kappa shape index (κ2) is 4.29. The molecule has 0 aliphatic carbocycles. The van der Waals surface area contributed by atoms with E-state index in [0.29, 0.717) is 5.56 Å². The lowest BCUT2D eigenvalue weighted by Crippen LogP contribution is -2.32. The maximum atomic E-state index is 13.0. The van der Waals surface area contributed by atoms with Crippen molar-refractivity contribution in [3.05, 3.63) is 29.8 Å². The monoisotopic (exact) mass is 275 g/mol. The van der Waals surface area contributed by atoms with E-state index < -0.39 is 29.0 Å². The molecule has 1 aromatic carbocycles. The minimum Gasteiger partial charge on any atom is -0.325 e. The summed E-state index contributed by atoms with van der Waals surface area (Å²) in [6.07, 6.45) is 0. The Hall–Kier alpha value is -1.54. The summed E-state index contributed by atoms with van der Waals surface area (Å²) in [6, 6.07) is 6.06. The number of hydrogen-bond acceptors (Lipinski definition) is 4. The number of rotatable bonds is 3. The summed E-state index contributed by atoms with van der Waals surface area (Å²) in [4.78, 5) is 3.64. The van der Waals surface area contributed by atoms with Crippen LogP contribution in [0.4, 0.5) is 8.78 Å². The smallest absolute Gasteiger partial charge is 0.279 e. The topological polar surface area (TPSA) is 84.5 Å². The molecule has 5 nitrogen and oxygen atoms in total. The van der Waals surface area contributed by atoms with Crippen molar-refractivity contribution in [2.24, 2.45) is 10.7 Å². The molecule has 18 heavy (non-hydrogen) atoms. The van der Waals surface area contributed by atoms with E-state index in [2.05, 4.69) is 9.71 Å². The minimum atomic E-state index is -3.69. The molecule has 0 radical (unpaired) electrons. The number of benzene rings is 1. The van der Waals surface area contributed by atoms with Gasteiger partial charge in [0, 0.05) is 5.56 Å². The van der Waals surface area contributed by atoms with Crippen LogP contribution in [0.15, 0.2) is 34.2 Å². The second-order valence-electron chi connectivity index (χ2n) is 3.83. The predicted octanol–water partition coefficient (Wildman–Crippen LogP) is 0.319. The third-order valence-corrected chi connectivity index (χ3v) is 3.83. The van der Waals surface area contributed by atoms with Crippen molar-refractivity contribution in [1.29, 1.82) is 0 Å². The van der Waals surface area contributed by atoms with Crippen LogP contribution >= 0.6 is 0 Å². The first-order valence-electron chi connectivity index (χ1n) is 5.10. The molecule has 1 heterocycles. The van der Waals surface area contributed by atoms with E-state index in [1.165, 1.54) is 12.1 Å². The predicted molar refractivity (Wildman–Crippen MR) is 62.2 cm³/mol. The number of fused-ring (bicyclic) bond motifs is 1. The van der Waals surface area contributed by atoms with E-state index in [4.69, 9.17) is 5.73 Å². The first-order chi connectivity index (χ1) is 8.36. The SMILES string of the molecule is NCC(F)(F)CN=C1NS(=O)(=O)c2ccccc21. The van der Waals surface area contributed by atoms with Gasteiger partial charge in [-0.2, -0.15) is 0 Å². The number of amidine groups is 1. The molecule has 0 unspecified atom stereocenters. The van der Waals surface area contributed by atoms with Crippen LogP contribution in [0.25, 0.3) is 0 Å². The number of aliphatic imine (C=N–C) groups is 1. The molecule has 1 aromatic rings. The molecule has 8 heteroatoms. The van der Waals surface area contributed by atoms with Crippen LogP contribution < -0.4 is 10.5 Å². The van der Waals surface area contributed by atoms with Crippen LogP contribution in [0.1, 0.15) is 5.56 Å². The van der Waals surface area contributed by atoms with Crippen molar-refractivity contribution in [2.75, 3.05) is 13.1 Å². The van der Waals surface area contributed by atoms with Crippen molar-refractivity contribution >= 4 is 15.9 Å². The first kappa shape index (κ1) is 12.9. The van der Waals surface area contributed by atoms with Crippen molar-refractivity contribution < 1.29 is 17.2 Å². The van der Waals surface area contributed by atoms with Gasteiger partial charge in [-0.15, -0.1) is 0 Å². The number of sulfonamides is 1. The molecule has 1 aliphatic rings. The lowest BCUT2D eigenvalue weighted by Gasteiger charge is -2.10. The molecule has 0 saturated carbocycles. The van der Waals surface area contributed by atoms with E-state index in [0.717, 1.165) is 0 Å². The summed E-state index contributed by atoms with van der Waals surface area (Å²) in [5.74, 6) is -3.21. The third kappa shape index (κ3) is 2.34. The summed E-state index contributed by atoms with van der Waals surface area (Å²) in [5.41, 5.74) is 5.18. The molecule has 0 fully saturated rings. The van der Waals surface area contributed by atoms with Crippen LogP contribution in [-0.2, 0) is 10.0 Å². The van der Waals surface area contributed by atoms with Gasteiger partial charge in [0.2, 0.25) is 0 Å². The van der Waals surface area contributed by atoms with Crippen LogP contribution in [0, 0.1) is 0 Å². The molecule has 0 aromatic heterocycles. The van der Waals surface area contributed by atoms with Crippen molar-refractivity contribution in [1.82, 2.24) is 4.72 Å². The lowest BCUT2D eigenvalue weighted by atomic mass is 10.2. The highest BCUT2D eigenvalue weighted by molar-refractivity contribution is 7.90. The molecule has 0 bridgehead atoms. The fraction of sp³-hybridized carbons (Fsp3) is 0.300. The number of nitrogens with two attached hydrogens (primary N) is 1. The van der Waals surface area contributed by atoms with Crippen LogP contribution in [-0.4, -0.2) is 33.3 Å². The number of nitrogens with one attached hydrogen (secondary N) is 1. The van der Waals surface area contributed by atoms with Crippen molar-refractivity contribution in [2.45, 2.75) is 10.8 Å². The zero-order chi connectivity index (χ0) is 13.4. The Morgan fingerprint density at radius 1 is 1.33 bits per heavy atom. The molecular formula is C10H11F2N3O2S. The highest BCUT2D eigenvalue weighted by Gasteiger charge is 2.32. The maximum Gasteiger partial charge on any atom is 0.279 e. The minimum absolute atomic E-state index is 0.0415. The average molecular weight is 275 g/mol. The maximum absolute atomic E-state index is 13.0. The average Bonchev–Trinajstić information content (AvgIpc) is 2.60. The Bertz CT molecular complexity index is 599. The molecule has 1 aliphatic heterocycles. The number of nitrogens with zero attached hydrogens (tertiary/aromatic N) is 1. The van der Waals surface area contributed by atoms with Gasteiger partial charge in [0.05, 0.1) is 11.4 Å². The normalized spacial score (nSPS) is 19.6. The molecule has 0 saturated heterocycles. The standard InChI is InChI=1S/C10H11F2N3O2S/c11-10(12,5-13)6-14-9-7-3-1-2-4-8(7)18(16,17)15-9/h1-4H,5-6,13H2,(H,14,15). The summed E-state index contributed by atoms with van der Waals surface area (Å²) in [5, 5.41) is 0. The van der Waals surface area contributed by atoms with Gasteiger partial charge < -0.3 is 5.73 Å². The van der Waals surface area contributed by atoms with Gasteiger partial charge in [-0.1, -0.05) is 12.1 Å². The van der Waals surface area contributed by atoms with Crippen LogP contribution in [0.5, 0.6) is 0 Å². The van der Waals surface area contributed by atoms with Crippen LogP contribution in [0.3, 0.4) is 0 Å². The third-order valence-electron chi connectivity index (χ3n) is 2.43. The number of alkyl halides is 2. The van der Waals surface area contributed by atoms with Crippen LogP contribution in [0.2, 0.25) is 0 Å². The molecule has 0 amide bonds. The Morgan fingerprint density at radius 2 is 2.00 bits per heavy atom. The number of hydrogen-bond donors (Lipinski definition) is 2. The van der Waals surface area contributed by atoms with E-state index in [1.54, 1.807) is 12.1 Å². The fourth-order valence-corrected chi connectivity index (χ4v) is 2.76. The van der Waals surface area contributed by atoms with Gasteiger partial charge in [-0.25, -0.2) is 17.2 Å². The quantitative estimate of drug-likeness (QED) is 0.833. The zero-order valence-electron chi connectivity index (χ0n) is 9.23. The van der Waals surface area contributed by atoms with Gasteiger partial charge in [0.1, 0.15) is 12.4 Å². The van der Waals surface area contributed by atoms with Gasteiger partial charge >= 0.3 is 0 Å². The molecular weight excluding hydrogens is 264 g/mol. The lowest BCUT2D eigenvalue weighted by molar-refractivity contribution is 0.0214. The summed E-state index contributed by atoms with van der Waals surface area (Å²) < 4.78 is 51.4. The molecule has 2 rings (SSSR count). The van der Waals surface area contributed by atoms with Gasteiger partial charge in [-0.05, 0) is 12.1 Å². The van der Waals surface area contributed by atoms with E-state index in [9.17, 15) is 17.2 Å². The molecule has 98 valence electrons. The summed E-state index contributed by atoms with van der Waals surface area (Å²) >= 11 is 0. The van der Waals surface area contributed by atoms with E-state index in [1.807, 2.05) is 0 Å². The highest BCUT2D eigenvalue weighted by Crippen LogP contribution is 2.22. The second-order valence-corrected chi connectivity index (χ2v) is 5.48. The largest absolute Gasteiger partial charge is 0.325 e. The Labute approximate surface area is 103 Å². The Balaban J connectivity index is 2.37. The summed E-state index contributed by atoms with van der Waals surface area (Å²) in [7, 11) is -3.69. The fourth-order valence-electron chi connectivity index (χ4n) is 1.51. The molecule has 0 spiro atoms. The highest BCUT2D eigenvalue weighted by atomic mass is 32.2. The zero-order valence-corrected chi connectivity index (χ0v) is 10.0. The van der Waals surface area contributed by atoms with Gasteiger partial charge in [-0.3, -0.25) is 9.71 Å². The van der Waals surface area contributed by atoms with Crippen molar-refractivity contribution in [3.8, 4) is 0 Å². The van der Waals surface area contributed by atoms with Gasteiger partial charge in [0.15, 0.2) is 0 Å².